The maximum Gasteiger partial charge on any atom is 0.415 e. The highest BCUT2D eigenvalue weighted by molar-refractivity contribution is 5.05. The van der Waals surface area contributed by atoms with Gasteiger partial charge >= 0.3 is 6.18 Å². The van der Waals surface area contributed by atoms with E-state index in [2.05, 4.69) is 5.32 Å². The molecule has 4 saturated carbocycles. The lowest BCUT2D eigenvalue weighted by Crippen LogP contribution is -2.56. The summed E-state index contributed by atoms with van der Waals surface area (Å²) in [5, 5.41) is 12.1. The highest BCUT2D eigenvalue weighted by Gasteiger charge is 2.53. The van der Waals surface area contributed by atoms with Gasteiger partial charge in [-0.3, -0.25) is 0 Å². The van der Waals surface area contributed by atoms with Crippen molar-refractivity contribution in [2.24, 2.45) is 23.2 Å². The first kappa shape index (κ1) is 14.6. The molecule has 20 heavy (non-hydrogen) atoms. The quantitative estimate of drug-likeness (QED) is 0.834. The Morgan fingerprint density at radius 2 is 1.55 bits per heavy atom. The van der Waals surface area contributed by atoms with Crippen LogP contribution in [0.2, 0.25) is 0 Å². The Morgan fingerprint density at radius 3 is 1.95 bits per heavy atom. The average molecular weight is 291 g/mol. The molecule has 4 rings (SSSR count). The lowest BCUT2D eigenvalue weighted by molar-refractivity contribution is -0.203. The fourth-order valence-corrected chi connectivity index (χ4v) is 5.33. The second kappa shape index (κ2) is 4.87. The van der Waals surface area contributed by atoms with Gasteiger partial charge < -0.3 is 10.4 Å². The Morgan fingerprint density at radius 1 is 1.10 bits per heavy atom. The smallest absolute Gasteiger partial charge is 0.382 e. The van der Waals surface area contributed by atoms with Crippen molar-refractivity contribution >= 4 is 0 Å². The predicted octanol–water partition coefficient (Wildman–Crippen LogP) is 3.10. The molecule has 0 saturated heterocycles. The van der Waals surface area contributed by atoms with Gasteiger partial charge in [-0.15, -0.1) is 0 Å². The molecule has 2 nitrogen and oxygen atoms in total. The largest absolute Gasteiger partial charge is 0.415 e. The van der Waals surface area contributed by atoms with E-state index in [0.717, 1.165) is 37.0 Å². The third-order valence-corrected chi connectivity index (χ3v) is 6.00. The molecule has 0 spiro atoms. The highest BCUT2D eigenvalue weighted by Crippen LogP contribution is 2.61. The molecule has 116 valence electrons. The molecule has 2 atom stereocenters. The summed E-state index contributed by atoms with van der Waals surface area (Å²) in [5.41, 5.74) is 0.181. The van der Waals surface area contributed by atoms with Gasteiger partial charge in [-0.2, -0.15) is 13.2 Å². The second-order valence-electron chi connectivity index (χ2n) is 7.47. The van der Waals surface area contributed by atoms with Crippen LogP contribution >= 0.6 is 0 Å². The number of halogens is 3. The minimum absolute atomic E-state index is 0.0629. The van der Waals surface area contributed by atoms with E-state index in [0.29, 0.717) is 0 Å². The van der Waals surface area contributed by atoms with Crippen LogP contribution in [-0.2, 0) is 0 Å². The number of rotatable bonds is 4. The Bertz CT molecular complexity index is 333. The van der Waals surface area contributed by atoms with E-state index < -0.39 is 12.3 Å². The first-order valence-electron chi connectivity index (χ1n) is 7.77. The molecule has 5 heteroatoms. The normalized spacial score (nSPS) is 42.8. The lowest BCUT2D eigenvalue weighted by Gasteiger charge is -2.59. The van der Waals surface area contributed by atoms with Crippen molar-refractivity contribution < 1.29 is 18.3 Å². The van der Waals surface area contributed by atoms with Crippen LogP contribution in [0.15, 0.2) is 0 Å². The molecule has 0 aromatic carbocycles. The summed E-state index contributed by atoms with van der Waals surface area (Å²) >= 11 is 0. The lowest BCUT2D eigenvalue weighted by atomic mass is 9.48. The van der Waals surface area contributed by atoms with Crippen LogP contribution in [0, 0.1) is 23.2 Å². The summed E-state index contributed by atoms with van der Waals surface area (Å²) in [6, 6.07) is 0.0629. The standard InChI is InChI=1S/C15H24F3NO/c1-9(19-8-13(20)15(16,17)18)14-5-10-2-11(6-14)4-12(3-10)7-14/h9-13,19-20H,2-8H2,1H3. The van der Waals surface area contributed by atoms with Crippen molar-refractivity contribution in [1.82, 2.24) is 5.32 Å². The van der Waals surface area contributed by atoms with Crippen LogP contribution in [0.4, 0.5) is 13.2 Å². The average Bonchev–Trinajstić information content (AvgIpc) is 2.32. The Hall–Kier alpha value is -0.290. The van der Waals surface area contributed by atoms with Crippen LogP contribution in [0.5, 0.6) is 0 Å². The van der Waals surface area contributed by atoms with E-state index in [-0.39, 0.29) is 18.0 Å². The first-order chi connectivity index (χ1) is 9.28. The van der Waals surface area contributed by atoms with Gasteiger partial charge in [0.05, 0.1) is 0 Å². The third kappa shape index (κ3) is 2.59. The van der Waals surface area contributed by atoms with Crippen LogP contribution < -0.4 is 5.32 Å². The van der Waals surface area contributed by atoms with Gasteiger partial charge in [0.1, 0.15) is 0 Å². The fraction of sp³-hybridized carbons (Fsp3) is 1.00. The molecule has 0 aliphatic heterocycles. The Labute approximate surface area is 118 Å². The van der Waals surface area contributed by atoms with Gasteiger partial charge in [-0.25, -0.2) is 0 Å². The number of alkyl halides is 3. The van der Waals surface area contributed by atoms with E-state index in [1.165, 1.54) is 19.3 Å². The molecule has 4 aliphatic carbocycles. The molecule has 4 bridgehead atoms. The first-order valence-corrected chi connectivity index (χ1v) is 7.77. The van der Waals surface area contributed by atoms with Crippen molar-refractivity contribution in [3.8, 4) is 0 Å². The van der Waals surface area contributed by atoms with Gasteiger partial charge in [-0.1, -0.05) is 0 Å². The van der Waals surface area contributed by atoms with Crippen molar-refractivity contribution in [2.45, 2.75) is 63.8 Å². The Balaban J connectivity index is 1.61. The summed E-state index contributed by atoms with van der Waals surface area (Å²) in [5.74, 6) is 2.37. The summed E-state index contributed by atoms with van der Waals surface area (Å²) in [6.07, 6.45) is 0.707. The van der Waals surface area contributed by atoms with Crippen LogP contribution in [0.1, 0.15) is 45.4 Å². The zero-order valence-electron chi connectivity index (χ0n) is 11.9. The molecule has 0 radical (unpaired) electrons. The molecule has 4 fully saturated rings. The second-order valence-corrected chi connectivity index (χ2v) is 7.47. The number of nitrogens with one attached hydrogen (secondary N) is 1. The van der Waals surface area contributed by atoms with E-state index in [1.54, 1.807) is 0 Å². The SMILES string of the molecule is CC(NCC(O)C(F)(F)F)C12CC3CC(CC(C3)C1)C2. The summed E-state index contributed by atoms with van der Waals surface area (Å²) < 4.78 is 37.1. The maximum atomic E-state index is 12.4. The van der Waals surface area contributed by atoms with E-state index in [9.17, 15) is 13.2 Å². The molecular weight excluding hydrogens is 267 g/mol. The molecular formula is C15H24F3NO. The number of hydrogen-bond donors (Lipinski definition) is 2. The summed E-state index contributed by atoms with van der Waals surface area (Å²) in [7, 11) is 0. The van der Waals surface area contributed by atoms with Gasteiger partial charge in [0.15, 0.2) is 6.10 Å². The maximum absolute atomic E-state index is 12.4. The third-order valence-electron chi connectivity index (χ3n) is 6.00. The number of aliphatic hydroxyl groups excluding tert-OH is 1. The monoisotopic (exact) mass is 291 g/mol. The molecule has 2 unspecified atom stereocenters. The minimum Gasteiger partial charge on any atom is -0.382 e. The van der Waals surface area contributed by atoms with Crippen molar-refractivity contribution in [3.05, 3.63) is 0 Å². The highest BCUT2D eigenvalue weighted by atomic mass is 19.4. The van der Waals surface area contributed by atoms with Gasteiger partial charge in [-0.05, 0) is 68.6 Å². The van der Waals surface area contributed by atoms with Gasteiger partial charge in [0.25, 0.3) is 0 Å². The van der Waals surface area contributed by atoms with Crippen LogP contribution in [0.3, 0.4) is 0 Å². The van der Waals surface area contributed by atoms with Crippen LogP contribution in [0.25, 0.3) is 0 Å². The van der Waals surface area contributed by atoms with Crippen molar-refractivity contribution in [2.75, 3.05) is 6.54 Å². The molecule has 0 heterocycles. The van der Waals surface area contributed by atoms with Crippen molar-refractivity contribution in [3.63, 3.8) is 0 Å². The van der Waals surface area contributed by atoms with Crippen LogP contribution in [-0.4, -0.2) is 30.0 Å². The minimum atomic E-state index is -4.52. The summed E-state index contributed by atoms with van der Waals surface area (Å²) in [6.45, 7) is 1.63. The fourth-order valence-electron chi connectivity index (χ4n) is 5.33. The topological polar surface area (TPSA) is 32.3 Å². The molecule has 0 aromatic heterocycles. The Kier molecular flexibility index (Phi) is 3.57. The summed E-state index contributed by atoms with van der Waals surface area (Å²) in [4.78, 5) is 0. The molecule has 2 N–H and O–H groups in total. The number of hydrogen-bond acceptors (Lipinski definition) is 2. The zero-order valence-corrected chi connectivity index (χ0v) is 11.9. The molecule has 4 aliphatic rings. The van der Waals surface area contributed by atoms with E-state index >= 15 is 0 Å². The molecule has 0 aromatic rings. The van der Waals surface area contributed by atoms with Gasteiger partial charge in [0, 0.05) is 12.6 Å². The van der Waals surface area contributed by atoms with E-state index in [4.69, 9.17) is 5.11 Å². The number of aliphatic hydroxyl groups is 1. The predicted molar refractivity (Wildman–Crippen MR) is 70.1 cm³/mol. The van der Waals surface area contributed by atoms with Crippen molar-refractivity contribution in [1.29, 1.82) is 0 Å². The van der Waals surface area contributed by atoms with E-state index in [1.807, 2.05) is 6.92 Å². The zero-order chi connectivity index (χ0) is 14.5. The molecule has 0 amide bonds. The van der Waals surface area contributed by atoms with Gasteiger partial charge in [0.2, 0.25) is 0 Å².